The van der Waals surface area contributed by atoms with Crippen LogP contribution in [0.25, 0.3) is 11.5 Å². The van der Waals surface area contributed by atoms with Gasteiger partial charge in [-0.2, -0.15) is 8.78 Å². The Balaban J connectivity index is 1.32. The summed E-state index contributed by atoms with van der Waals surface area (Å²) < 4.78 is 53.1. The van der Waals surface area contributed by atoms with Crippen LogP contribution < -0.4 is 4.31 Å². The molecule has 0 bridgehead atoms. The molecule has 35 heavy (non-hydrogen) atoms. The molecule has 2 aliphatic heterocycles. The van der Waals surface area contributed by atoms with E-state index in [4.69, 9.17) is 20.8 Å². The molecule has 2 fully saturated rings. The van der Waals surface area contributed by atoms with Gasteiger partial charge in [0.15, 0.2) is 11.2 Å². The van der Waals surface area contributed by atoms with Crippen molar-refractivity contribution in [1.82, 2.24) is 24.4 Å². The number of nitrogens with zero attached hydrogens (tertiary/aromatic N) is 6. The summed E-state index contributed by atoms with van der Waals surface area (Å²) >= 11 is 4.75. The maximum atomic E-state index is 13.7. The highest BCUT2D eigenvalue weighted by molar-refractivity contribution is 7.84. The average Bonchev–Trinajstić information content (AvgIpc) is 3.33. The van der Waals surface area contributed by atoms with Gasteiger partial charge in [-0.1, -0.05) is 17.7 Å². The van der Waals surface area contributed by atoms with Crippen LogP contribution >= 0.6 is 11.6 Å². The smallest absolute Gasteiger partial charge is 0.314 e. The number of ether oxygens (including phenoxy) is 1. The molecule has 2 aliphatic rings. The molecular weight excluding hydrogens is 502 g/mol. The molecule has 13 heteroatoms. The number of alkyl halides is 2. The summed E-state index contributed by atoms with van der Waals surface area (Å²) in [7, 11) is 0. The van der Waals surface area contributed by atoms with E-state index in [-0.39, 0.29) is 12.4 Å². The maximum Gasteiger partial charge on any atom is 0.314 e. The van der Waals surface area contributed by atoms with E-state index in [9.17, 15) is 13.0 Å². The summed E-state index contributed by atoms with van der Waals surface area (Å²) in [4.78, 5) is 6.79. The normalized spacial score (nSPS) is 18.5. The lowest BCUT2D eigenvalue weighted by Gasteiger charge is -2.42. The van der Waals surface area contributed by atoms with Gasteiger partial charge in [-0.3, -0.25) is 14.2 Å². The molecule has 0 saturated carbocycles. The highest BCUT2D eigenvalue weighted by atomic mass is 35.5. The van der Waals surface area contributed by atoms with Gasteiger partial charge in [0.25, 0.3) is 5.89 Å². The second-order valence-electron chi connectivity index (χ2n) is 8.19. The molecule has 1 unspecified atom stereocenters. The SMILES string of the molecule is O=S(N1CCN(C2COC2)CC1)N(Cc1ccc(-c2nnc(C(F)F)o2)cn1)c1cccc(Cl)c1. The minimum Gasteiger partial charge on any atom is -0.415 e. The fourth-order valence-corrected chi connectivity index (χ4v) is 5.37. The number of benzene rings is 1. The number of pyridine rings is 1. The second kappa shape index (κ2) is 10.6. The van der Waals surface area contributed by atoms with Gasteiger partial charge in [0.1, 0.15) is 0 Å². The van der Waals surface area contributed by atoms with Gasteiger partial charge in [0.05, 0.1) is 42.7 Å². The topological polar surface area (TPSA) is 87.8 Å². The second-order valence-corrected chi connectivity index (χ2v) is 10.0. The quantitative estimate of drug-likeness (QED) is 0.446. The van der Waals surface area contributed by atoms with E-state index in [2.05, 4.69) is 20.1 Å². The largest absolute Gasteiger partial charge is 0.415 e. The molecule has 2 saturated heterocycles. The molecule has 9 nitrogen and oxygen atoms in total. The summed E-state index contributed by atoms with van der Waals surface area (Å²) in [5.41, 5.74) is 1.75. The summed E-state index contributed by atoms with van der Waals surface area (Å²) in [6.07, 6.45) is -1.37. The molecule has 0 N–H and O–H groups in total. The Hall–Kier alpha value is -2.51. The molecule has 4 heterocycles. The van der Waals surface area contributed by atoms with Crippen LogP contribution in [0.3, 0.4) is 0 Å². The van der Waals surface area contributed by atoms with Gasteiger partial charge in [0, 0.05) is 37.4 Å². The molecular formula is C22H23ClF2N6O3S. The summed E-state index contributed by atoms with van der Waals surface area (Å²) in [5, 5.41) is 7.52. The van der Waals surface area contributed by atoms with Crippen molar-refractivity contribution in [2.75, 3.05) is 43.7 Å². The first kappa shape index (κ1) is 24.2. The van der Waals surface area contributed by atoms with Crippen LogP contribution in [-0.2, 0) is 22.5 Å². The van der Waals surface area contributed by atoms with Crippen LogP contribution in [0.2, 0.25) is 5.02 Å². The van der Waals surface area contributed by atoms with Gasteiger partial charge < -0.3 is 9.15 Å². The van der Waals surface area contributed by atoms with Crippen LogP contribution in [-0.4, -0.2) is 74.0 Å². The van der Waals surface area contributed by atoms with Crippen molar-refractivity contribution >= 4 is 28.5 Å². The van der Waals surface area contributed by atoms with Crippen LogP contribution in [0.15, 0.2) is 47.0 Å². The molecule has 2 aromatic heterocycles. The molecule has 0 amide bonds. The van der Waals surface area contributed by atoms with Crippen molar-refractivity contribution in [3.8, 4) is 11.5 Å². The number of hydrogen-bond acceptors (Lipinski definition) is 7. The molecule has 186 valence electrons. The lowest BCUT2D eigenvalue weighted by Crippen LogP contribution is -2.57. The van der Waals surface area contributed by atoms with Gasteiger partial charge in [-0.15, -0.1) is 10.2 Å². The van der Waals surface area contributed by atoms with Crippen LogP contribution in [0.1, 0.15) is 18.0 Å². The Kier molecular flexibility index (Phi) is 7.35. The minimum atomic E-state index is -2.84. The number of rotatable bonds is 8. The van der Waals surface area contributed by atoms with Crippen molar-refractivity contribution in [2.45, 2.75) is 19.0 Å². The molecule has 1 aromatic carbocycles. The lowest BCUT2D eigenvalue weighted by molar-refractivity contribution is -0.0719. The van der Waals surface area contributed by atoms with E-state index in [1.165, 1.54) is 6.20 Å². The van der Waals surface area contributed by atoms with Crippen molar-refractivity contribution in [3.63, 3.8) is 0 Å². The molecule has 3 aromatic rings. The van der Waals surface area contributed by atoms with E-state index in [0.717, 1.165) is 26.3 Å². The first-order valence-corrected chi connectivity index (χ1v) is 12.5. The van der Waals surface area contributed by atoms with E-state index in [0.29, 0.717) is 41.1 Å². The molecule has 5 rings (SSSR count). The Bertz CT molecular complexity index is 1170. The Morgan fingerprint density at radius 2 is 1.94 bits per heavy atom. The van der Waals surface area contributed by atoms with E-state index in [1.807, 2.05) is 16.4 Å². The molecule has 0 spiro atoms. The fourth-order valence-electron chi connectivity index (χ4n) is 3.90. The highest BCUT2D eigenvalue weighted by Crippen LogP contribution is 2.26. The van der Waals surface area contributed by atoms with Crippen molar-refractivity contribution in [3.05, 3.63) is 59.2 Å². The predicted octanol–water partition coefficient (Wildman–Crippen LogP) is 3.32. The van der Waals surface area contributed by atoms with Crippen LogP contribution in [0.5, 0.6) is 0 Å². The Morgan fingerprint density at radius 1 is 1.14 bits per heavy atom. The monoisotopic (exact) mass is 524 g/mol. The number of hydrogen-bond donors (Lipinski definition) is 0. The summed E-state index contributed by atoms with van der Waals surface area (Å²) in [6.45, 7) is 4.73. The Morgan fingerprint density at radius 3 is 2.54 bits per heavy atom. The number of aromatic nitrogens is 3. The van der Waals surface area contributed by atoms with Gasteiger partial charge in [-0.25, -0.2) is 8.51 Å². The zero-order chi connectivity index (χ0) is 24.4. The number of piperazine rings is 1. The van der Waals surface area contributed by atoms with Crippen molar-refractivity contribution < 1.29 is 22.1 Å². The lowest BCUT2D eigenvalue weighted by atomic mass is 10.2. The summed E-state index contributed by atoms with van der Waals surface area (Å²) in [6, 6.07) is 11.0. The number of anilines is 1. The zero-order valence-corrected chi connectivity index (χ0v) is 20.2. The summed E-state index contributed by atoms with van der Waals surface area (Å²) in [5.74, 6) is -0.777. The molecule has 0 aliphatic carbocycles. The molecule has 0 radical (unpaired) electrons. The average molecular weight is 525 g/mol. The van der Waals surface area contributed by atoms with Crippen LogP contribution in [0.4, 0.5) is 14.5 Å². The predicted molar refractivity (Wildman–Crippen MR) is 126 cm³/mol. The maximum absolute atomic E-state index is 13.7. The van der Waals surface area contributed by atoms with Gasteiger partial charge in [-0.05, 0) is 30.3 Å². The Labute approximate surface area is 208 Å². The first-order valence-electron chi connectivity index (χ1n) is 11.1. The van der Waals surface area contributed by atoms with Gasteiger partial charge >= 0.3 is 6.43 Å². The van der Waals surface area contributed by atoms with E-state index in [1.54, 1.807) is 28.6 Å². The van der Waals surface area contributed by atoms with Gasteiger partial charge in [0.2, 0.25) is 5.89 Å². The third kappa shape index (κ3) is 5.51. The standard InChI is InChI=1S/C22H23ClF2N6O3S/c23-16-2-1-3-18(10-16)31(35(32)30-8-6-29(7-9-30)19-13-33-14-19)12-17-5-4-15(11-26-17)21-27-28-22(34-21)20(24)25/h1-5,10-11,19-20H,6-9,12-14H2. The van der Waals surface area contributed by atoms with E-state index >= 15 is 0 Å². The minimum absolute atomic E-state index is 0.0376. The first-order chi connectivity index (χ1) is 17.0. The third-order valence-electron chi connectivity index (χ3n) is 5.92. The third-order valence-corrected chi connectivity index (χ3v) is 7.68. The zero-order valence-electron chi connectivity index (χ0n) is 18.6. The van der Waals surface area contributed by atoms with E-state index < -0.39 is 23.5 Å². The van der Waals surface area contributed by atoms with Crippen molar-refractivity contribution in [2.24, 2.45) is 0 Å². The fraction of sp³-hybridized carbons (Fsp3) is 0.409. The van der Waals surface area contributed by atoms with Crippen LogP contribution in [0, 0.1) is 0 Å². The molecule has 1 atom stereocenters. The number of halogens is 3. The highest BCUT2D eigenvalue weighted by Gasteiger charge is 2.32. The van der Waals surface area contributed by atoms with Crippen molar-refractivity contribution in [1.29, 1.82) is 0 Å².